The molecule has 1 aliphatic rings. The molecule has 0 bridgehead atoms. The monoisotopic (exact) mass is 728 g/mol. The van der Waals surface area contributed by atoms with Gasteiger partial charge in [-0.1, -0.05) is 26.6 Å². The molecule has 2 N–H and O–H groups in total. The average molecular weight is 729 g/mol. The van der Waals surface area contributed by atoms with E-state index in [-0.39, 0.29) is 35.9 Å². The van der Waals surface area contributed by atoms with Crippen LogP contribution in [0, 0.1) is 5.92 Å². The van der Waals surface area contributed by atoms with Gasteiger partial charge in [0.2, 0.25) is 0 Å². The molecule has 1 unspecified atom stereocenters. The van der Waals surface area contributed by atoms with E-state index in [4.69, 9.17) is 9.47 Å². The molecule has 0 radical (unpaired) electrons. The van der Waals surface area contributed by atoms with Crippen LogP contribution in [0.15, 0.2) is 43.0 Å². The van der Waals surface area contributed by atoms with E-state index in [9.17, 15) is 22.8 Å². The molecule has 0 spiro atoms. The number of hydrogen-bond donors (Lipinski definition) is 2. The van der Waals surface area contributed by atoms with Crippen molar-refractivity contribution >= 4 is 37.2 Å². The summed E-state index contributed by atoms with van der Waals surface area (Å²) < 4.78 is 56.2. The van der Waals surface area contributed by atoms with Gasteiger partial charge in [-0.15, -0.1) is 0 Å². The zero-order valence-corrected chi connectivity index (χ0v) is 31.2. The van der Waals surface area contributed by atoms with Gasteiger partial charge in [0.25, 0.3) is 5.91 Å². The Labute approximate surface area is 296 Å². The number of nitrogens with zero attached hydrogens (tertiary/aromatic N) is 6. The Morgan fingerprint density at radius 3 is 2.57 bits per heavy atom. The van der Waals surface area contributed by atoms with Gasteiger partial charge in [0.1, 0.15) is 12.3 Å². The summed E-state index contributed by atoms with van der Waals surface area (Å²) in [5, 5.41) is 10.1. The third-order valence-corrected chi connectivity index (χ3v) is 10.1. The highest BCUT2D eigenvalue weighted by molar-refractivity contribution is 6.76. The summed E-state index contributed by atoms with van der Waals surface area (Å²) in [7, 11) is -1.36. The van der Waals surface area contributed by atoms with Crippen LogP contribution in [-0.2, 0) is 28.8 Å². The number of carbonyl (C=O) groups is 2. The van der Waals surface area contributed by atoms with Crippen LogP contribution in [-0.4, -0.2) is 81.0 Å². The van der Waals surface area contributed by atoms with E-state index in [1.54, 1.807) is 23.2 Å². The zero-order chi connectivity index (χ0) is 37.1. The molecule has 2 amide bonds. The van der Waals surface area contributed by atoms with Gasteiger partial charge in [-0.2, -0.15) is 18.3 Å². The van der Waals surface area contributed by atoms with Crippen molar-refractivity contribution in [3.8, 4) is 11.3 Å². The molecular formula is C35H47F3N8O4Si. The van der Waals surface area contributed by atoms with Gasteiger partial charge in [0, 0.05) is 64.2 Å². The Hall–Kier alpha value is -4.44. The number of benzene rings is 1. The minimum absolute atomic E-state index is 0.0975. The van der Waals surface area contributed by atoms with Crippen molar-refractivity contribution in [2.75, 3.05) is 31.6 Å². The summed E-state index contributed by atoms with van der Waals surface area (Å²) >= 11 is 0. The maximum atomic E-state index is 14.1. The third kappa shape index (κ3) is 9.67. The Balaban J connectivity index is 1.28. The molecule has 4 aromatic rings. The number of nitrogens with one attached hydrogen (secondary N) is 2. The van der Waals surface area contributed by atoms with E-state index in [1.807, 2.05) is 33.8 Å². The van der Waals surface area contributed by atoms with Crippen molar-refractivity contribution < 1.29 is 32.2 Å². The molecule has 0 aliphatic carbocycles. The second kappa shape index (κ2) is 15.0. The van der Waals surface area contributed by atoms with Crippen LogP contribution in [0.1, 0.15) is 55.7 Å². The number of carbonyl (C=O) groups excluding carboxylic acids is 2. The van der Waals surface area contributed by atoms with Crippen molar-refractivity contribution in [3.05, 3.63) is 59.8 Å². The van der Waals surface area contributed by atoms with Crippen molar-refractivity contribution in [2.24, 2.45) is 5.92 Å². The highest BCUT2D eigenvalue weighted by Gasteiger charge is 2.38. The summed E-state index contributed by atoms with van der Waals surface area (Å²) in [4.78, 5) is 36.1. The quantitative estimate of drug-likeness (QED) is 0.116. The van der Waals surface area contributed by atoms with Crippen LogP contribution < -0.4 is 10.6 Å². The highest BCUT2D eigenvalue weighted by atomic mass is 28.3. The Kier molecular flexibility index (Phi) is 11.1. The molecule has 1 aliphatic heterocycles. The average Bonchev–Trinajstić information content (AvgIpc) is 3.79. The van der Waals surface area contributed by atoms with Gasteiger partial charge in [-0.05, 0) is 69.3 Å². The normalized spacial score (nSPS) is 15.4. The first-order chi connectivity index (χ1) is 23.9. The number of amides is 2. The van der Waals surface area contributed by atoms with Gasteiger partial charge in [-0.25, -0.2) is 19.4 Å². The Morgan fingerprint density at radius 1 is 1.12 bits per heavy atom. The van der Waals surface area contributed by atoms with E-state index >= 15 is 0 Å². The maximum Gasteiger partial charge on any atom is 0.435 e. The van der Waals surface area contributed by atoms with Gasteiger partial charge >= 0.3 is 12.3 Å². The SMILES string of the molecule is CCc1cc(Nc2nccn3c(-c4cn(COCC[Si](C)(C)C)nc4C(F)(F)F)cnc23)ccc1C(=O)NCC1CCN(C(=O)OC(C)(C)C)C1. The van der Waals surface area contributed by atoms with Gasteiger partial charge < -0.3 is 25.0 Å². The standard InChI is InChI=1S/C35H47F3N8O4Si/c1-8-24-17-25(9-10-26(24)32(47)41-18-23-11-13-44(20-23)33(48)50-34(2,3)4)42-30-31-40-19-28(46(31)14-12-39-30)27-21-45(43-29(27)35(36,37)38)22-49-15-16-51(5,6)7/h9-10,12,14,17,19,21,23H,8,11,13,15-16,18,20,22H2,1-7H3,(H,39,42)(H,41,47). The molecule has 1 fully saturated rings. The van der Waals surface area contributed by atoms with Crippen molar-refractivity contribution in [3.63, 3.8) is 0 Å². The number of ether oxygens (including phenoxy) is 2. The minimum Gasteiger partial charge on any atom is -0.444 e. The molecule has 276 valence electrons. The number of hydrogen-bond acceptors (Lipinski definition) is 8. The van der Waals surface area contributed by atoms with Crippen LogP contribution in [0.4, 0.5) is 29.5 Å². The summed E-state index contributed by atoms with van der Waals surface area (Å²) in [5.74, 6) is 0.234. The predicted molar refractivity (Wildman–Crippen MR) is 191 cm³/mol. The van der Waals surface area contributed by atoms with Crippen LogP contribution in [0.2, 0.25) is 25.7 Å². The van der Waals surface area contributed by atoms with Crippen molar-refractivity contribution in [2.45, 2.75) is 84.7 Å². The molecule has 0 saturated carbocycles. The van der Waals surface area contributed by atoms with E-state index in [1.165, 1.54) is 27.7 Å². The lowest BCUT2D eigenvalue weighted by Crippen LogP contribution is -2.36. The second-order valence-electron chi connectivity index (χ2n) is 15.0. The van der Waals surface area contributed by atoms with E-state index < -0.39 is 25.5 Å². The maximum absolute atomic E-state index is 14.1. The second-order valence-corrected chi connectivity index (χ2v) is 20.7. The smallest absolute Gasteiger partial charge is 0.435 e. The van der Waals surface area contributed by atoms with Crippen LogP contribution in [0.25, 0.3) is 16.9 Å². The van der Waals surface area contributed by atoms with Crippen LogP contribution in [0.5, 0.6) is 0 Å². The number of aryl methyl sites for hydroxylation is 1. The van der Waals surface area contributed by atoms with E-state index in [2.05, 4.69) is 45.3 Å². The number of imidazole rings is 1. The zero-order valence-electron chi connectivity index (χ0n) is 30.2. The summed E-state index contributed by atoms with van der Waals surface area (Å²) in [6, 6.07) is 6.21. The molecule has 5 rings (SSSR count). The van der Waals surface area contributed by atoms with Crippen molar-refractivity contribution in [1.82, 2.24) is 34.4 Å². The number of aromatic nitrogens is 5. The predicted octanol–water partition coefficient (Wildman–Crippen LogP) is 7.22. The Bertz CT molecular complexity index is 1860. The van der Waals surface area contributed by atoms with Crippen LogP contribution >= 0.6 is 0 Å². The van der Waals surface area contributed by atoms with Crippen molar-refractivity contribution in [1.29, 1.82) is 0 Å². The highest BCUT2D eigenvalue weighted by Crippen LogP contribution is 2.37. The fourth-order valence-electron chi connectivity index (χ4n) is 5.77. The van der Waals surface area contributed by atoms with Crippen LogP contribution in [0.3, 0.4) is 0 Å². The number of likely N-dealkylation sites (tertiary alicyclic amines) is 1. The lowest BCUT2D eigenvalue weighted by atomic mass is 10.0. The van der Waals surface area contributed by atoms with Gasteiger partial charge in [0.15, 0.2) is 17.2 Å². The molecule has 12 nitrogen and oxygen atoms in total. The largest absolute Gasteiger partial charge is 0.444 e. The number of rotatable bonds is 12. The fourth-order valence-corrected chi connectivity index (χ4v) is 6.53. The third-order valence-electron chi connectivity index (χ3n) is 8.44. The van der Waals surface area contributed by atoms with E-state index in [0.29, 0.717) is 55.4 Å². The molecule has 1 saturated heterocycles. The fraction of sp³-hybridized carbons (Fsp3) is 0.514. The lowest BCUT2D eigenvalue weighted by molar-refractivity contribution is -0.141. The first-order valence-corrected chi connectivity index (χ1v) is 20.8. The topological polar surface area (TPSA) is 128 Å². The number of alkyl halides is 3. The molecule has 4 heterocycles. The molecule has 16 heteroatoms. The molecule has 1 atom stereocenters. The van der Waals surface area contributed by atoms with E-state index in [0.717, 1.165) is 18.0 Å². The summed E-state index contributed by atoms with van der Waals surface area (Å²) in [6.45, 7) is 15.9. The molecular weight excluding hydrogens is 682 g/mol. The van der Waals surface area contributed by atoms with Gasteiger partial charge in [-0.3, -0.25) is 9.20 Å². The Morgan fingerprint density at radius 2 is 1.88 bits per heavy atom. The number of fused-ring (bicyclic) bond motifs is 1. The van der Waals surface area contributed by atoms with Gasteiger partial charge in [0.05, 0.1) is 17.5 Å². The minimum atomic E-state index is -4.70. The first-order valence-electron chi connectivity index (χ1n) is 17.1. The molecule has 51 heavy (non-hydrogen) atoms. The first kappa shape index (κ1) is 37.8. The lowest BCUT2D eigenvalue weighted by Gasteiger charge is -2.24. The number of halogens is 3. The summed E-state index contributed by atoms with van der Waals surface area (Å²) in [5.41, 5.74) is 0.755. The summed E-state index contributed by atoms with van der Waals surface area (Å²) in [6.07, 6.45) is 2.03. The molecule has 1 aromatic carbocycles. The molecule has 3 aromatic heterocycles. The number of anilines is 2.